The molecule has 3 aromatic rings. The largest absolute Gasteiger partial charge is 0.489 e. The molecule has 0 bridgehead atoms. The number of hydrogen-bond donors (Lipinski definition) is 4. The van der Waals surface area contributed by atoms with E-state index in [-0.39, 0.29) is 17.9 Å². The number of carbonyl (C=O) groups excluding carboxylic acids is 2. The van der Waals surface area contributed by atoms with Gasteiger partial charge in [0.05, 0.1) is 18.1 Å². The number of H-pyrrole nitrogens is 1. The first-order valence-corrected chi connectivity index (χ1v) is 12.7. The predicted octanol–water partition coefficient (Wildman–Crippen LogP) is 3.54. The number of carbonyl (C=O) groups is 2. The van der Waals surface area contributed by atoms with Crippen LogP contribution in [-0.4, -0.2) is 45.4 Å². The molecule has 0 saturated heterocycles. The average Bonchev–Trinajstić information content (AvgIpc) is 3.35. The minimum atomic E-state index is -0.738. The summed E-state index contributed by atoms with van der Waals surface area (Å²) < 4.78 is 5.88. The molecule has 0 aliphatic carbocycles. The van der Waals surface area contributed by atoms with Crippen LogP contribution in [0.2, 0.25) is 0 Å². The SMILES string of the molecule is CC(C)N[C@@H](Cc1c[nH]cn1)C(=O)N[C@@H](Cc1ccc(OCc2ccccc2)cc1)C(=O)NC(C)(C)C. The molecule has 198 valence electrons. The summed E-state index contributed by atoms with van der Waals surface area (Å²) in [6, 6.07) is 16.4. The lowest BCUT2D eigenvalue weighted by Crippen LogP contribution is -2.57. The van der Waals surface area contributed by atoms with Gasteiger partial charge in [-0.1, -0.05) is 56.3 Å². The van der Waals surface area contributed by atoms with Crippen LogP contribution >= 0.6 is 0 Å². The van der Waals surface area contributed by atoms with Crippen LogP contribution in [0.25, 0.3) is 0 Å². The topological polar surface area (TPSA) is 108 Å². The zero-order chi connectivity index (χ0) is 26.8. The zero-order valence-corrected chi connectivity index (χ0v) is 22.4. The van der Waals surface area contributed by atoms with Gasteiger partial charge in [0.25, 0.3) is 0 Å². The monoisotopic (exact) mass is 505 g/mol. The van der Waals surface area contributed by atoms with Gasteiger partial charge in [-0.2, -0.15) is 0 Å². The maximum atomic E-state index is 13.3. The summed E-state index contributed by atoms with van der Waals surface area (Å²) in [5.74, 6) is 0.273. The van der Waals surface area contributed by atoms with Crippen LogP contribution in [0.5, 0.6) is 5.75 Å². The number of aromatic amines is 1. The van der Waals surface area contributed by atoms with Gasteiger partial charge in [-0.15, -0.1) is 0 Å². The number of ether oxygens (including phenoxy) is 1. The van der Waals surface area contributed by atoms with Crippen molar-refractivity contribution in [3.05, 3.63) is 83.9 Å². The van der Waals surface area contributed by atoms with E-state index < -0.39 is 17.6 Å². The highest BCUT2D eigenvalue weighted by Gasteiger charge is 2.28. The fourth-order valence-electron chi connectivity index (χ4n) is 3.88. The molecular weight excluding hydrogens is 466 g/mol. The van der Waals surface area contributed by atoms with E-state index in [4.69, 9.17) is 4.74 Å². The Hall–Kier alpha value is -3.65. The maximum absolute atomic E-state index is 13.3. The Labute approximate surface area is 219 Å². The van der Waals surface area contributed by atoms with Crippen molar-refractivity contribution in [1.82, 2.24) is 25.9 Å². The van der Waals surface area contributed by atoms with Crippen LogP contribution in [0.4, 0.5) is 0 Å². The Bertz CT molecular complexity index is 1110. The molecule has 8 nitrogen and oxygen atoms in total. The fraction of sp³-hybridized carbons (Fsp3) is 0.414. The second-order valence-electron chi connectivity index (χ2n) is 10.6. The van der Waals surface area contributed by atoms with E-state index in [0.717, 1.165) is 22.6 Å². The molecule has 2 atom stereocenters. The second-order valence-corrected chi connectivity index (χ2v) is 10.6. The van der Waals surface area contributed by atoms with E-state index >= 15 is 0 Å². The van der Waals surface area contributed by atoms with E-state index in [9.17, 15) is 9.59 Å². The molecule has 2 amide bonds. The van der Waals surface area contributed by atoms with Gasteiger partial charge < -0.3 is 25.7 Å². The highest BCUT2D eigenvalue weighted by atomic mass is 16.5. The molecule has 2 aromatic carbocycles. The van der Waals surface area contributed by atoms with Crippen molar-refractivity contribution in [3.63, 3.8) is 0 Å². The third-order valence-electron chi connectivity index (χ3n) is 5.56. The highest BCUT2D eigenvalue weighted by molar-refractivity contribution is 5.90. The number of benzene rings is 2. The Balaban J connectivity index is 1.70. The first kappa shape index (κ1) is 27.9. The molecule has 3 rings (SSSR count). The molecule has 8 heteroatoms. The minimum Gasteiger partial charge on any atom is -0.489 e. The first-order valence-electron chi connectivity index (χ1n) is 12.7. The van der Waals surface area contributed by atoms with Crippen molar-refractivity contribution in [3.8, 4) is 5.75 Å². The fourth-order valence-corrected chi connectivity index (χ4v) is 3.88. The van der Waals surface area contributed by atoms with Crippen molar-refractivity contribution >= 4 is 11.8 Å². The van der Waals surface area contributed by atoms with Gasteiger partial charge in [0.2, 0.25) is 11.8 Å². The summed E-state index contributed by atoms with van der Waals surface area (Å²) in [7, 11) is 0. The van der Waals surface area contributed by atoms with E-state index in [1.165, 1.54) is 0 Å². The lowest BCUT2D eigenvalue weighted by atomic mass is 10.0. The van der Waals surface area contributed by atoms with Gasteiger partial charge in [0.15, 0.2) is 0 Å². The van der Waals surface area contributed by atoms with Crippen molar-refractivity contribution in [1.29, 1.82) is 0 Å². The maximum Gasteiger partial charge on any atom is 0.243 e. The standard InChI is InChI=1S/C29H39N5O3/c1-20(2)32-26(16-23-17-30-19-31-23)27(35)33-25(28(36)34-29(3,4)5)15-21-11-13-24(14-12-21)37-18-22-9-7-6-8-10-22/h6-14,17,19-20,25-26,32H,15-16,18H2,1-5H3,(H,30,31)(H,33,35)(H,34,36)/t25-,26-/m0/s1. The minimum absolute atomic E-state index is 0.0833. The Kier molecular flexibility index (Phi) is 9.85. The normalized spacial score (nSPS) is 13.1. The highest BCUT2D eigenvalue weighted by Crippen LogP contribution is 2.16. The summed E-state index contributed by atoms with van der Waals surface area (Å²) in [6.45, 7) is 10.2. The van der Waals surface area contributed by atoms with Crippen LogP contribution in [0, 0.1) is 0 Å². The molecule has 1 aromatic heterocycles. The van der Waals surface area contributed by atoms with Crippen molar-refractivity contribution < 1.29 is 14.3 Å². The average molecular weight is 506 g/mol. The third kappa shape index (κ3) is 9.73. The summed E-state index contributed by atoms with van der Waals surface area (Å²) in [5.41, 5.74) is 2.35. The van der Waals surface area contributed by atoms with Gasteiger partial charge in [-0.3, -0.25) is 9.59 Å². The molecule has 0 aliphatic heterocycles. The van der Waals surface area contributed by atoms with Gasteiger partial charge in [-0.05, 0) is 44.0 Å². The van der Waals surface area contributed by atoms with Crippen molar-refractivity contribution in [2.24, 2.45) is 0 Å². The summed E-state index contributed by atoms with van der Waals surface area (Å²) >= 11 is 0. The number of nitrogens with one attached hydrogen (secondary N) is 4. The Morgan fingerprint density at radius 1 is 0.919 bits per heavy atom. The van der Waals surface area contributed by atoms with Crippen LogP contribution in [0.3, 0.4) is 0 Å². The molecule has 0 unspecified atom stereocenters. The number of rotatable bonds is 12. The molecule has 0 fully saturated rings. The van der Waals surface area contributed by atoms with Crippen LogP contribution in [-0.2, 0) is 29.0 Å². The quantitative estimate of drug-likeness (QED) is 0.301. The van der Waals surface area contributed by atoms with Crippen molar-refractivity contribution in [2.45, 2.75) is 77.7 Å². The second kappa shape index (κ2) is 13.1. The Morgan fingerprint density at radius 2 is 1.62 bits per heavy atom. The van der Waals surface area contributed by atoms with Crippen LogP contribution < -0.4 is 20.7 Å². The van der Waals surface area contributed by atoms with E-state index in [2.05, 4.69) is 25.9 Å². The van der Waals surface area contributed by atoms with Gasteiger partial charge >= 0.3 is 0 Å². The van der Waals surface area contributed by atoms with Gasteiger partial charge in [0, 0.05) is 30.6 Å². The van der Waals surface area contributed by atoms with E-state index in [1.54, 1.807) is 12.5 Å². The molecule has 0 radical (unpaired) electrons. The molecule has 37 heavy (non-hydrogen) atoms. The van der Waals surface area contributed by atoms with E-state index in [1.807, 2.05) is 89.2 Å². The molecular formula is C29H39N5O3. The molecule has 4 N–H and O–H groups in total. The lowest BCUT2D eigenvalue weighted by molar-refractivity contribution is -0.130. The van der Waals surface area contributed by atoms with Crippen LogP contribution in [0.1, 0.15) is 51.4 Å². The zero-order valence-electron chi connectivity index (χ0n) is 22.4. The smallest absolute Gasteiger partial charge is 0.243 e. The predicted molar refractivity (Wildman–Crippen MR) is 145 cm³/mol. The number of amides is 2. The number of nitrogens with zero attached hydrogens (tertiary/aromatic N) is 1. The third-order valence-corrected chi connectivity index (χ3v) is 5.56. The first-order chi connectivity index (χ1) is 17.6. The molecule has 0 aliphatic rings. The summed E-state index contributed by atoms with van der Waals surface area (Å²) in [5, 5.41) is 9.28. The Morgan fingerprint density at radius 3 is 2.22 bits per heavy atom. The number of hydrogen-bond acceptors (Lipinski definition) is 5. The molecule has 1 heterocycles. The van der Waals surface area contributed by atoms with E-state index in [0.29, 0.717) is 19.4 Å². The summed E-state index contributed by atoms with van der Waals surface area (Å²) in [4.78, 5) is 33.7. The molecule has 0 spiro atoms. The molecule has 0 saturated carbocycles. The summed E-state index contributed by atoms with van der Waals surface area (Å²) in [6.07, 6.45) is 4.12. The number of imidazole rings is 1. The number of aromatic nitrogens is 2. The van der Waals surface area contributed by atoms with Gasteiger partial charge in [-0.25, -0.2) is 4.98 Å². The lowest BCUT2D eigenvalue weighted by Gasteiger charge is -2.27. The van der Waals surface area contributed by atoms with Crippen LogP contribution in [0.15, 0.2) is 67.1 Å². The van der Waals surface area contributed by atoms with Crippen molar-refractivity contribution in [2.75, 3.05) is 0 Å². The van der Waals surface area contributed by atoms with Gasteiger partial charge in [0.1, 0.15) is 18.4 Å².